The molecule has 2 heterocycles. The number of rotatable bonds is 4. The smallest absolute Gasteiger partial charge is 0.325 e. The Morgan fingerprint density at radius 3 is 2.41 bits per heavy atom. The van der Waals surface area contributed by atoms with Gasteiger partial charge in [-0.3, -0.25) is 4.57 Å². The van der Waals surface area contributed by atoms with Gasteiger partial charge in [-0.1, -0.05) is 0 Å². The lowest BCUT2D eigenvalue weighted by molar-refractivity contribution is -0.769. The Bertz CT molecular complexity index is 356. The summed E-state index contributed by atoms with van der Waals surface area (Å²) in [5, 5.41) is 9.30. The molecule has 98 valence electrons. The fourth-order valence-electron chi connectivity index (χ4n) is 1.97. The second kappa shape index (κ2) is 4.51. The summed E-state index contributed by atoms with van der Waals surface area (Å²) in [5.41, 5.74) is 0. The maximum absolute atomic E-state index is 11.1. The second-order valence-corrected chi connectivity index (χ2v) is 5.73. The normalized spacial score (nSPS) is 39.6. The molecular weight excluding hydrogens is 257 g/mol. The molecule has 1 unspecified atom stereocenters. The minimum Gasteiger partial charge on any atom is -0.370 e. The summed E-state index contributed by atoms with van der Waals surface area (Å²) in [6.07, 6.45) is -2.78. The Labute approximate surface area is 96.2 Å². The van der Waals surface area contributed by atoms with Gasteiger partial charge in [0.1, 0.15) is 18.3 Å². The van der Waals surface area contributed by atoms with Crippen molar-refractivity contribution in [2.24, 2.45) is 0 Å². The van der Waals surface area contributed by atoms with Gasteiger partial charge < -0.3 is 23.7 Å². The SMILES string of the molecule is CP(=O)(O)O[C@H]1CO[C@H]2[C@@H]1OC[C@H]2O[N+](=O)[O-]. The molecule has 2 saturated heterocycles. The third-order valence-corrected chi connectivity index (χ3v) is 3.18. The van der Waals surface area contributed by atoms with Crippen LogP contribution in [0.3, 0.4) is 0 Å². The van der Waals surface area contributed by atoms with E-state index in [9.17, 15) is 14.7 Å². The molecule has 0 bridgehead atoms. The van der Waals surface area contributed by atoms with Crippen LogP contribution in [0.15, 0.2) is 0 Å². The predicted octanol–water partition coefficient (Wildman–Crippen LogP) is -0.439. The van der Waals surface area contributed by atoms with Crippen LogP contribution in [0.4, 0.5) is 0 Å². The molecule has 2 fully saturated rings. The monoisotopic (exact) mass is 269 g/mol. The summed E-state index contributed by atoms with van der Waals surface area (Å²) >= 11 is 0. The van der Waals surface area contributed by atoms with Crippen LogP contribution in [0.1, 0.15) is 0 Å². The molecule has 0 spiro atoms. The van der Waals surface area contributed by atoms with Gasteiger partial charge in [-0.2, -0.15) is 0 Å². The molecule has 2 aliphatic heterocycles. The summed E-state index contributed by atoms with van der Waals surface area (Å²) in [5.74, 6) is 0. The van der Waals surface area contributed by atoms with Crippen LogP contribution in [0.2, 0.25) is 0 Å². The van der Waals surface area contributed by atoms with Gasteiger partial charge >= 0.3 is 7.60 Å². The molecule has 0 aromatic carbocycles. The molecular formula is C7H12NO8P. The van der Waals surface area contributed by atoms with Gasteiger partial charge in [0.05, 0.1) is 13.2 Å². The third-order valence-electron chi connectivity index (χ3n) is 2.51. The molecule has 0 aromatic heterocycles. The van der Waals surface area contributed by atoms with E-state index in [-0.39, 0.29) is 13.2 Å². The van der Waals surface area contributed by atoms with Crippen molar-refractivity contribution in [1.29, 1.82) is 0 Å². The van der Waals surface area contributed by atoms with Crippen molar-refractivity contribution in [3.63, 3.8) is 0 Å². The van der Waals surface area contributed by atoms with E-state index >= 15 is 0 Å². The largest absolute Gasteiger partial charge is 0.370 e. The zero-order valence-electron chi connectivity index (χ0n) is 8.92. The zero-order chi connectivity index (χ0) is 12.6. The highest BCUT2D eigenvalue weighted by Gasteiger charge is 2.51. The zero-order valence-corrected chi connectivity index (χ0v) is 9.82. The van der Waals surface area contributed by atoms with Crippen molar-refractivity contribution in [1.82, 2.24) is 0 Å². The highest BCUT2D eigenvalue weighted by atomic mass is 31.2. The Kier molecular flexibility index (Phi) is 3.37. The van der Waals surface area contributed by atoms with Gasteiger partial charge in [0, 0.05) is 6.66 Å². The maximum atomic E-state index is 11.1. The molecule has 5 atom stereocenters. The van der Waals surface area contributed by atoms with Gasteiger partial charge in [0.2, 0.25) is 0 Å². The van der Waals surface area contributed by atoms with Crippen LogP contribution in [-0.2, 0) is 23.4 Å². The number of hydrogen-bond acceptors (Lipinski definition) is 7. The topological polar surface area (TPSA) is 117 Å². The van der Waals surface area contributed by atoms with E-state index in [4.69, 9.17) is 18.9 Å². The quantitative estimate of drug-likeness (QED) is 0.414. The van der Waals surface area contributed by atoms with E-state index in [2.05, 4.69) is 4.84 Å². The van der Waals surface area contributed by atoms with E-state index in [0.717, 1.165) is 6.66 Å². The molecule has 0 amide bonds. The summed E-state index contributed by atoms with van der Waals surface area (Å²) in [6.45, 7) is 1.10. The number of fused-ring (bicyclic) bond motifs is 1. The summed E-state index contributed by atoms with van der Waals surface area (Å²) in [4.78, 5) is 23.7. The van der Waals surface area contributed by atoms with E-state index in [0.29, 0.717) is 0 Å². The standard InChI is InChI=1S/C7H12NO8P/c1-17(11,12)16-5-3-14-6-4(15-8(9)10)2-13-7(5)6/h4-7H,2-3H2,1H3,(H,11,12)/t4-,5+,6-,7-/m1/s1. The number of nitrogens with zero attached hydrogens (tertiary/aromatic N) is 1. The van der Waals surface area contributed by atoms with Crippen molar-refractivity contribution in [3.05, 3.63) is 10.1 Å². The molecule has 2 rings (SSSR count). The van der Waals surface area contributed by atoms with Gasteiger partial charge in [0.25, 0.3) is 5.09 Å². The summed E-state index contributed by atoms with van der Waals surface area (Å²) in [7, 11) is -3.65. The minimum absolute atomic E-state index is 0.00435. The lowest BCUT2D eigenvalue weighted by Gasteiger charge is -2.17. The van der Waals surface area contributed by atoms with Crippen LogP contribution in [0, 0.1) is 10.1 Å². The van der Waals surface area contributed by atoms with Crippen LogP contribution < -0.4 is 0 Å². The van der Waals surface area contributed by atoms with Crippen molar-refractivity contribution in [2.45, 2.75) is 24.4 Å². The Hall–Kier alpha value is -0.730. The van der Waals surface area contributed by atoms with Crippen LogP contribution in [0.5, 0.6) is 0 Å². The highest BCUT2D eigenvalue weighted by Crippen LogP contribution is 2.42. The molecule has 0 aromatic rings. The van der Waals surface area contributed by atoms with Crippen LogP contribution in [-0.4, -0.2) is 54.3 Å². The summed E-state index contributed by atoms with van der Waals surface area (Å²) < 4.78 is 26.5. The lowest BCUT2D eigenvalue weighted by atomic mass is 10.1. The first-order chi connectivity index (χ1) is 7.87. The first kappa shape index (κ1) is 12.7. The Balaban J connectivity index is 1.97. The molecule has 10 heteroatoms. The van der Waals surface area contributed by atoms with Crippen molar-refractivity contribution in [3.8, 4) is 0 Å². The van der Waals surface area contributed by atoms with E-state index in [1.807, 2.05) is 0 Å². The van der Waals surface area contributed by atoms with Crippen molar-refractivity contribution in [2.75, 3.05) is 19.9 Å². The maximum Gasteiger partial charge on any atom is 0.325 e. The number of ether oxygens (including phenoxy) is 2. The predicted molar refractivity (Wildman–Crippen MR) is 52.0 cm³/mol. The average molecular weight is 269 g/mol. The fraction of sp³-hybridized carbons (Fsp3) is 1.00. The van der Waals surface area contributed by atoms with Crippen molar-refractivity contribution < 1.29 is 33.4 Å². The van der Waals surface area contributed by atoms with Gasteiger partial charge in [-0.15, -0.1) is 10.1 Å². The first-order valence-electron chi connectivity index (χ1n) is 4.90. The third kappa shape index (κ3) is 2.93. The van der Waals surface area contributed by atoms with Crippen LogP contribution in [0.25, 0.3) is 0 Å². The van der Waals surface area contributed by atoms with E-state index < -0.39 is 37.1 Å². The first-order valence-corrected chi connectivity index (χ1v) is 6.92. The fourth-order valence-corrected chi connectivity index (χ4v) is 2.65. The molecule has 9 nitrogen and oxygen atoms in total. The molecule has 2 aliphatic rings. The Morgan fingerprint density at radius 2 is 1.88 bits per heavy atom. The van der Waals surface area contributed by atoms with Crippen LogP contribution >= 0.6 is 7.60 Å². The second-order valence-electron chi connectivity index (χ2n) is 3.91. The molecule has 17 heavy (non-hydrogen) atoms. The molecule has 1 N–H and O–H groups in total. The lowest BCUT2D eigenvalue weighted by Crippen LogP contribution is -2.34. The van der Waals surface area contributed by atoms with Gasteiger partial charge in [0.15, 0.2) is 6.10 Å². The van der Waals surface area contributed by atoms with Gasteiger partial charge in [-0.05, 0) is 0 Å². The van der Waals surface area contributed by atoms with E-state index in [1.54, 1.807) is 0 Å². The molecule has 0 aliphatic carbocycles. The molecule has 0 saturated carbocycles. The molecule has 0 radical (unpaired) electrons. The highest BCUT2D eigenvalue weighted by molar-refractivity contribution is 7.51. The minimum atomic E-state index is -3.65. The van der Waals surface area contributed by atoms with Gasteiger partial charge in [-0.25, -0.2) is 0 Å². The average Bonchev–Trinajstić information content (AvgIpc) is 2.68. The van der Waals surface area contributed by atoms with E-state index in [1.165, 1.54) is 0 Å². The number of hydrogen-bond donors (Lipinski definition) is 1. The van der Waals surface area contributed by atoms with Crippen molar-refractivity contribution >= 4 is 7.60 Å². The summed E-state index contributed by atoms with van der Waals surface area (Å²) in [6, 6.07) is 0. The Morgan fingerprint density at radius 1 is 1.35 bits per heavy atom.